The van der Waals surface area contributed by atoms with E-state index in [1.807, 2.05) is 32.9 Å². The number of Topliss-reactive ketones (excluding diaryl/α,β-unsaturated/α-hetero) is 1. The number of morpholine rings is 1. The van der Waals surface area contributed by atoms with Crippen LogP contribution in [0.15, 0.2) is 48.8 Å². The number of rotatable bonds is 17. The summed E-state index contributed by atoms with van der Waals surface area (Å²) in [6.45, 7) is 11.0. The molecule has 1 aliphatic rings. The molecule has 1 fully saturated rings. The largest absolute Gasteiger partial charge is 0.416 e. The van der Waals surface area contributed by atoms with Crippen LogP contribution in [0.3, 0.4) is 0 Å². The molecule has 0 N–H and O–H groups in total. The number of ether oxygens (including phenoxy) is 5. The molecule has 0 aliphatic carbocycles. The molecule has 48 heavy (non-hydrogen) atoms. The van der Waals surface area contributed by atoms with Gasteiger partial charge in [0.2, 0.25) is 0 Å². The second-order valence-corrected chi connectivity index (χ2v) is 11.7. The highest BCUT2D eigenvalue weighted by atomic mass is 19.4. The number of aryl methyl sites for hydroxylation is 1. The van der Waals surface area contributed by atoms with Crippen LogP contribution >= 0.6 is 0 Å². The summed E-state index contributed by atoms with van der Waals surface area (Å²) in [6.07, 6.45) is 3.84. The number of anilines is 1. The normalized spacial score (nSPS) is 13.8. The number of halogens is 3. The Morgan fingerprint density at radius 1 is 0.958 bits per heavy atom. The summed E-state index contributed by atoms with van der Waals surface area (Å²) >= 11 is 0. The molecular weight excluding hydrogens is 627 g/mol. The Morgan fingerprint density at radius 3 is 2.33 bits per heavy atom. The lowest BCUT2D eigenvalue weighted by Gasteiger charge is -2.35. The average Bonchev–Trinajstić information content (AvgIpc) is 3.08. The van der Waals surface area contributed by atoms with Gasteiger partial charge in [-0.15, -0.1) is 6.42 Å². The summed E-state index contributed by atoms with van der Waals surface area (Å²) in [7, 11) is 0. The fourth-order valence-corrected chi connectivity index (χ4v) is 5.23. The monoisotopic (exact) mass is 669 g/mol. The fourth-order valence-electron chi connectivity index (χ4n) is 5.23. The topological polar surface area (TPSA) is 92.2 Å². The maximum absolute atomic E-state index is 13.2. The molecule has 0 atom stereocenters. The van der Waals surface area contributed by atoms with Crippen molar-refractivity contribution in [2.75, 3.05) is 77.5 Å². The third kappa shape index (κ3) is 10.6. The van der Waals surface area contributed by atoms with Gasteiger partial charge in [0.1, 0.15) is 12.2 Å². The van der Waals surface area contributed by atoms with Gasteiger partial charge in [-0.1, -0.05) is 18.1 Å². The van der Waals surface area contributed by atoms with Crippen LogP contribution in [0.1, 0.15) is 46.7 Å². The minimum Gasteiger partial charge on any atom is -0.378 e. The quantitative estimate of drug-likeness (QED) is 0.103. The van der Waals surface area contributed by atoms with Crippen LogP contribution in [0.25, 0.3) is 11.1 Å². The van der Waals surface area contributed by atoms with Crippen molar-refractivity contribution in [2.24, 2.45) is 0 Å². The number of pyridine rings is 2. The number of hydrogen-bond donors (Lipinski definition) is 0. The predicted molar refractivity (Wildman–Crippen MR) is 175 cm³/mol. The van der Waals surface area contributed by atoms with Gasteiger partial charge < -0.3 is 28.6 Å². The summed E-state index contributed by atoms with van der Waals surface area (Å²) in [5.74, 6) is 1.97. The van der Waals surface area contributed by atoms with E-state index >= 15 is 0 Å². The van der Waals surface area contributed by atoms with Gasteiger partial charge in [0.15, 0.2) is 5.78 Å². The summed E-state index contributed by atoms with van der Waals surface area (Å²) in [4.78, 5) is 24.6. The van der Waals surface area contributed by atoms with Crippen LogP contribution in [0.4, 0.5) is 18.9 Å². The van der Waals surface area contributed by atoms with Gasteiger partial charge in [0.05, 0.1) is 69.8 Å². The molecule has 2 aromatic heterocycles. The number of benzene rings is 1. The lowest BCUT2D eigenvalue weighted by atomic mass is 9.96. The van der Waals surface area contributed by atoms with E-state index in [0.717, 1.165) is 40.3 Å². The van der Waals surface area contributed by atoms with E-state index in [1.165, 1.54) is 12.1 Å². The number of alkyl halides is 3. The molecule has 4 rings (SSSR count). The van der Waals surface area contributed by atoms with Gasteiger partial charge in [0.25, 0.3) is 0 Å². The highest BCUT2D eigenvalue weighted by Gasteiger charge is 2.31. The van der Waals surface area contributed by atoms with E-state index in [2.05, 4.69) is 15.8 Å². The second kappa shape index (κ2) is 17.5. The van der Waals surface area contributed by atoms with Gasteiger partial charge >= 0.3 is 6.18 Å². The number of nitrogens with zero attached hydrogens (tertiary/aromatic N) is 3. The number of hydrogen-bond acceptors (Lipinski definition) is 9. The van der Waals surface area contributed by atoms with Crippen LogP contribution in [0.2, 0.25) is 0 Å². The molecule has 0 amide bonds. The van der Waals surface area contributed by atoms with Crippen LogP contribution in [0.5, 0.6) is 0 Å². The number of aromatic nitrogens is 2. The molecule has 1 aromatic carbocycles. The Labute approximate surface area is 279 Å². The molecule has 3 aromatic rings. The molecule has 0 unspecified atom stereocenters. The van der Waals surface area contributed by atoms with Crippen molar-refractivity contribution < 1.29 is 41.7 Å². The van der Waals surface area contributed by atoms with E-state index in [4.69, 9.17) is 35.1 Å². The standard InChI is InChI=1S/C36H42F3N3O6/c1-5-11-44-14-15-46-16-17-47-18-19-48-35(3,4)34-32(42-9-12-45-13-10-42)23-29(25-41-34)31-20-27(24-40-26(31)2)21-33(43)28-7-6-8-30(22-28)36(37,38)39/h1,6-8,20,22-25H,9-19,21H2,2-4H3. The van der Waals surface area contributed by atoms with Crippen molar-refractivity contribution in [3.63, 3.8) is 0 Å². The zero-order chi connectivity index (χ0) is 34.6. The first-order valence-electron chi connectivity index (χ1n) is 15.8. The molecule has 1 saturated heterocycles. The maximum atomic E-state index is 13.2. The molecule has 9 nitrogen and oxygen atoms in total. The minimum atomic E-state index is -4.53. The molecule has 12 heteroatoms. The molecule has 258 valence electrons. The van der Waals surface area contributed by atoms with Gasteiger partial charge in [0, 0.05) is 54.3 Å². The first-order valence-corrected chi connectivity index (χ1v) is 15.8. The average molecular weight is 670 g/mol. The number of carbonyl (C=O) groups excluding carboxylic acids is 1. The summed E-state index contributed by atoms with van der Waals surface area (Å²) in [5.41, 5.74) is 2.91. The van der Waals surface area contributed by atoms with Crippen molar-refractivity contribution in [1.82, 2.24) is 9.97 Å². The first kappa shape index (κ1) is 37.0. The number of ketones is 1. The molecular formula is C36H42F3N3O6. The predicted octanol–water partition coefficient (Wildman–Crippen LogP) is 5.67. The highest BCUT2D eigenvalue weighted by molar-refractivity contribution is 5.97. The zero-order valence-corrected chi connectivity index (χ0v) is 27.6. The lowest BCUT2D eigenvalue weighted by molar-refractivity contribution is -0.137. The Kier molecular flexibility index (Phi) is 13.5. The summed E-state index contributed by atoms with van der Waals surface area (Å²) in [5, 5.41) is 0. The van der Waals surface area contributed by atoms with Crippen LogP contribution in [-0.2, 0) is 41.9 Å². The Hall–Kier alpha value is -3.86. The molecule has 0 radical (unpaired) electrons. The fraction of sp³-hybridized carbons (Fsp3) is 0.472. The van der Waals surface area contributed by atoms with E-state index < -0.39 is 23.1 Å². The highest BCUT2D eigenvalue weighted by Crippen LogP contribution is 2.36. The Morgan fingerprint density at radius 2 is 1.65 bits per heavy atom. The first-order chi connectivity index (χ1) is 23.0. The van der Waals surface area contributed by atoms with Crippen molar-refractivity contribution in [1.29, 1.82) is 0 Å². The van der Waals surface area contributed by atoms with Crippen molar-refractivity contribution in [2.45, 2.75) is 39.0 Å². The van der Waals surface area contributed by atoms with Crippen LogP contribution in [-0.4, -0.2) is 88.3 Å². The third-order valence-electron chi connectivity index (χ3n) is 7.74. The minimum absolute atomic E-state index is 0.00402. The SMILES string of the molecule is C#CCOCCOCCOCCOC(C)(C)c1ncc(-c2cc(CC(=O)c3cccc(C(F)(F)F)c3)cnc2C)cc1N1CCOCC1. The molecule has 0 saturated carbocycles. The smallest absolute Gasteiger partial charge is 0.378 e. The van der Waals surface area contributed by atoms with E-state index in [0.29, 0.717) is 71.5 Å². The molecule has 0 spiro atoms. The summed E-state index contributed by atoms with van der Waals surface area (Å²) < 4.78 is 67.8. The number of terminal acetylenes is 1. The molecule has 3 heterocycles. The molecule has 1 aliphatic heterocycles. The number of carbonyl (C=O) groups is 1. The summed E-state index contributed by atoms with van der Waals surface area (Å²) in [6, 6.07) is 8.36. The van der Waals surface area contributed by atoms with Crippen molar-refractivity contribution >= 4 is 11.5 Å². The maximum Gasteiger partial charge on any atom is 0.416 e. The van der Waals surface area contributed by atoms with Gasteiger partial charge in [-0.2, -0.15) is 13.2 Å². The van der Waals surface area contributed by atoms with E-state index in [1.54, 1.807) is 12.4 Å². The Balaban J connectivity index is 1.46. The van der Waals surface area contributed by atoms with Crippen LogP contribution in [0, 0.1) is 19.3 Å². The lowest BCUT2D eigenvalue weighted by Crippen LogP contribution is -2.38. The van der Waals surface area contributed by atoms with E-state index in [-0.39, 0.29) is 18.6 Å². The van der Waals surface area contributed by atoms with E-state index in [9.17, 15) is 18.0 Å². The van der Waals surface area contributed by atoms with Crippen molar-refractivity contribution in [3.8, 4) is 23.5 Å². The third-order valence-corrected chi connectivity index (χ3v) is 7.74. The van der Waals surface area contributed by atoms with Gasteiger partial charge in [-0.3, -0.25) is 14.8 Å². The van der Waals surface area contributed by atoms with Crippen LogP contribution < -0.4 is 4.90 Å². The van der Waals surface area contributed by atoms with Gasteiger partial charge in [-0.05, 0) is 50.6 Å². The zero-order valence-electron chi connectivity index (χ0n) is 27.6. The van der Waals surface area contributed by atoms with Gasteiger partial charge in [-0.25, -0.2) is 0 Å². The Bertz CT molecular complexity index is 1550. The van der Waals surface area contributed by atoms with Crippen molar-refractivity contribution in [3.05, 3.63) is 76.9 Å². The second-order valence-electron chi connectivity index (χ2n) is 11.7. The molecule has 0 bridgehead atoms.